The van der Waals surface area contributed by atoms with Gasteiger partial charge in [-0.15, -0.1) is 0 Å². The minimum atomic E-state index is -4.36. The molecule has 0 heterocycles. The minimum absolute atomic E-state index is 0.0320. The van der Waals surface area contributed by atoms with E-state index in [1.165, 1.54) is 23.3 Å². The summed E-state index contributed by atoms with van der Waals surface area (Å²) in [6.07, 6.45) is 2.19. The first-order valence-electron chi connectivity index (χ1n) is 11.4. The first kappa shape index (κ1) is 23.4. The molecule has 0 N–H and O–H groups in total. The second-order valence-electron chi connectivity index (χ2n) is 8.52. The number of halogens is 3. The van der Waals surface area contributed by atoms with Crippen LogP contribution < -0.4 is 0 Å². The molecule has 0 aromatic heterocycles. The molecule has 168 valence electrons. The number of unbranched alkanes of at least 4 members (excludes halogenated alkanes) is 1. The van der Waals surface area contributed by atoms with E-state index >= 15 is 0 Å². The Hall–Kier alpha value is -2.30. The molecule has 5 heteroatoms. The summed E-state index contributed by atoms with van der Waals surface area (Å²) in [7, 11) is 0. The Labute approximate surface area is 183 Å². The van der Waals surface area contributed by atoms with E-state index in [1.54, 1.807) is 0 Å². The van der Waals surface area contributed by atoms with Crippen molar-refractivity contribution in [3.05, 3.63) is 70.8 Å². The van der Waals surface area contributed by atoms with Gasteiger partial charge in [0.1, 0.15) is 0 Å². The number of fused-ring (bicyclic) bond motifs is 1. The smallest absolute Gasteiger partial charge is 0.331 e. The summed E-state index contributed by atoms with van der Waals surface area (Å²) in [5.41, 5.74) is 2.52. The van der Waals surface area contributed by atoms with E-state index in [-0.39, 0.29) is 17.9 Å². The van der Waals surface area contributed by atoms with Gasteiger partial charge in [0, 0.05) is 12.5 Å². The normalized spacial score (nSPS) is 17.1. The highest BCUT2D eigenvalue weighted by atomic mass is 19.4. The molecular formula is C26H32F3NO. The molecule has 0 fully saturated rings. The Morgan fingerprint density at radius 3 is 2.45 bits per heavy atom. The van der Waals surface area contributed by atoms with E-state index < -0.39 is 11.7 Å². The molecule has 1 amide bonds. The predicted molar refractivity (Wildman–Crippen MR) is 117 cm³/mol. The third kappa shape index (κ3) is 5.69. The lowest BCUT2D eigenvalue weighted by molar-refractivity contribution is -0.140. The van der Waals surface area contributed by atoms with Crippen molar-refractivity contribution in [3.8, 4) is 0 Å². The third-order valence-corrected chi connectivity index (χ3v) is 6.38. The Morgan fingerprint density at radius 1 is 1.10 bits per heavy atom. The van der Waals surface area contributed by atoms with Crippen LogP contribution in [0.2, 0.25) is 0 Å². The Bertz CT molecular complexity index is 860. The van der Waals surface area contributed by atoms with Gasteiger partial charge in [-0.1, -0.05) is 63.1 Å². The van der Waals surface area contributed by atoms with Gasteiger partial charge in [0.25, 0.3) is 0 Å². The fourth-order valence-corrected chi connectivity index (χ4v) is 4.58. The highest BCUT2D eigenvalue weighted by molar-refractivity contribution is 5.79. The van der Waals surface area contributed by atoms with Gasteiger partial charge in [-0.25, -0.2) is 0 Å². The van der Waals surface area contributed by atoms with Crippen molar-refractivity contribution in [1.82, 2.24) is 4.90 Å². The number of carbonyl (C=O) groups excluding carboxylic acids is 1. The molecule has 0 spiro atoms. The zero-order valence-electron chi connectivity index (χ0n) is 18.4. The lowest BCUT2D eigenvalue weighted by Gasteiger charge is -2.38. The Balaban J connectivity index is 1.92. The van der Waals surface area contributed by atoms with Crippen molar-refractivity contribution in [2.45, 2.75) is 77.6 Å². The minimum Gasteiger partial charge on any atom is -0.331 e. The fourth-order valence-electron chi connectivity index (χ4n) is 4.58. The molecule has 2 nitrogen and oxygen atoms in total. The monoisotopic (exact) mass is 431 g/mol. The zero-order chi connectivity index (χ0) is 22.4. The molecule has 3 rings (SSSR count). The van der Waals surface area contributed by atoms with Gasteiger partial charge in [0.2, 0.25) is 5.91 Å². The van der Waals surface area contributed by atoms with Crippen molar-refractivity contribution < 1.29 is 18.0 Å². The van der Waals surface area contributed by atoms with Crippen LogP contribution in [0.4, 0.5) is 13.2 Å². The molecule has 1 aliphatic carbocycles. The number of hydrogen-bond acceptors (Lipinski definition) is 1. The standard InChI is InChI=1S/C26H32F3NO/c1-3-5-9-20(4-2)25(31)30(18-19-14-16-22(17-15-19)26(27,28)29)24-13-8-11-21-10-6-7-12-23(21)24/h6-7,10,12,14-17,20,24H,3-5,8-9,11,13,18H2,1-2H3. The molecule has 2 atom stereocenters. The first-order valence-corrected chi connectivity index (χ1v) is 11.4. The molecule has 0 saturated carbocycles. The third-order valence-electron chi connectivity index (χ3n) is 6.38. The first-order chi connectivity index (χ1) is 14.8. The summed E-state index contributed by atoms with van der Waals surface area (Å²) >= 11 is 0. The van der Waals surface area contributed by atoms with Crippen LogP contribution in [0.3, 0.4) is 0 Å². The number of hydrogen-bond donors (Lipinski definition) is 0. The molecule has 0 bridgehead atoms. The number of alkyl halides is 3. The van der Waals surface area contributed by atoms with Gasteiger partial charge in [-0.3, -0.25) is 4.79 Å². The summed E-state index contributed by atoms with van der Waals surface area (Å²) < 4.78 is 38.9. The quantitative estimate of drug-likeness (QED) is 0.428. The maximum absolute atomic E-state index is 13.7. The van der Waals surface area contributed by atoms with Gasteiger partial charge >= 0.3 is 6.18 Å². The van der Waals surface area contributed by atoms with E-state index in [1.807, 2.05) is 24.0 Å². The maximum atomic E-state index is 13.7. The number of carbonyl (C=O) groups is 1. The van der Waals surface area contributed by atoms with Gasteiger partial charge < -0.3 is 4.90 Å². The molecule has 0 radical (unpaired) electrons. The molecule has 0 aliphatic heterocycles. The van der Waals surface area contributed by atoms with Crippen LogP contribution in [0.15, 0.2) is 48.5 Å². The second kappa shape index (κ2) is 10.3. The van der Waals surface area contributed by atoms with Crippen molar-refractivity contribution in [2.24, 2.45) is 5.92 Å². The SMILES string of the molecule is CCCCC(CC)C(=O)N(Cc1ccc(C(F)(F)F)cc1)C1CCCc2ccccc21. The van der Waals surface area contributed by atoms with E-state index in [0.717, 1.165) is 62.6 Å². The maximum Gasteiger partial charge on any atom is 0.416 e. The highest BCUT2D eigenvalue weighted by Gasteiger charge is 2.33. The van der Waals surface area contributed by atoms with Crippen molar-refractivity contribution in [1.29, 1.82) is 0 Å². The molecule has 2 aromatic rings. The summed E-state index contributed by atoms with van der Waals surface area (Å²) in [6, 6.07) is 13.5. The summed E-state index contributed by atoms with van der Waals surface area (Å²) in [5.74, 6) is 0.0704. The lowest BCUT2D eigenvalue weighted by Crippen LogP contribution is -2.40. The van der Waals surface area contributed by atoms with Crippen LogP contribution >= 0.6 is 0 Å². The van der Waals surface area contributed by atoms with Crippen LogP contribution in [-0.4, -0.2) is 10.8 Å². The van der Waals surface area contributed by atoms with E-state index in [2.05, 4.69) is 19.1 Å². The van der Waals surface area contributed by atoms with Crippen molar-refractivity contribution >= 4 is 5.91 Å². The average molecular weight is 432 g/mol. The zero-order valence-corrected chi connectivity index (χ0v) is 18.4. The van der Waals surface area contributed by atoms with Crippen LogP contribution in [0, 0.1) is 5.92 Å². The number of rotatable bonds is 8. The number of amides is 1. The largest absolute Gasteiger partial charge is 0.416 e. The average Bonchev–Trinajstić information content (AvgIpc) is 2.77. The van der Waals surface area contributed by atoms with Crippen molar-refractivity contribution in [3.63, 3.8) is 0 Å². The molecule has 31 heavy (non-hydrogen) atoms. The van der Waals surface area contributed by atoms with Crippen LogP contribution in [0.25, 0.3) is 0 Å². The molecular weight excluding hydrogens is 399 g/mol. The van der Waals surface area contributed by atoms with Crippen LogP contribution in [0.1, 0.15) is 80.7 Å². The Morgan fingerprint density at radius 2 is 1.81 bits per heavy atom. The van der Waals surface area contributed by atoms with Gasteiger partial charge in [0.15, 0.2) is 0 Å². The van der Waals surface area contributed by atoms with Gasteiger partial charge in [-0.05, 0) is 60.9 Å². The number of aryl methyl sites for hydroxylation is 1. The number of nitrogens with zero attached hydrogens (tertiary/aromatic N) is 1. The van der Waals surface area contributed by atoms with E-state index in [0.29, 0.717) is 6.54 Å². The molecule has 2 unspecified atom stereocenters. The predicted octanol–water partition coefficient (Wildman–Crippen LogP) is 7.33. The number of benzene rings is 2. The van der Waals surface area contributed by atoms with E-state index in [9.17, 15) is 18.0 Å². The summed E-state index contributed by atoms with van der Waals surface area (Å²) in [6.45, 7) is 4.50. The van der Waals surface area contributed by atoms with Crippen LogP contribution in [-0.2, 0) is 23.9 Å². The fraction of sp³-hybridized carbons (Fsp3) is 0.500. The lowest BCUT2D eigenvalue weighted by atomic mass is 9.85. The molecule has 1 aliphatic rings. The van der Waals surface area contributed by atoms with E-state index in [4.69, 9.17) is 0 Å². The van der Waals surface area contributed by atoms with Gasteiger partial charge in [-0.2, -0.15) is 13.2 Å². The van der Waals surface area contributed by atoms with Crippen LogP contribution in [0.5, 0.6) is 0 Å². The summed E-state index contributed by atoms with van der Waals surface area (Å²) in [4.78, 5) is 15.6. The van der Waals surface area contributed by atoms with Crippen molar-refractivity contribution in [2.75, 3.05) is 0 Å². The summed E-state index contributed by atoms with van der Waals surface area (Å²) in [5, 5.41) is 0. The highest BCUT2D eigenvalue weighted by Crippen LogP contribution is 2.37. The molecule has 0 saturated heterocycles. The van der Waals surface area contributed by atoms with Gasteiger partial charge in [0.05, 0.1) is 11.6 Å². The molecule has 2 aromatic carbocycles. The topological polar surface area (TPSA) is 20.3 Å². The Kier molecular flexibility index (Phi) is 7.79. The second-order valence-corrected chi connectivity index (χ2v) is 8.52.